The highest BCUT2D eigenvalue weighted by atomic mass is 32.2. The molecular weight excluding hydrogens is 256 g/mol. The van der Waals surface area contributed by atoms with E-state index in [9.17, 15) is 0 Å². The van der Waals surface area contributed by atoms with Crippen LogP contribution in [-0.4, -0.2) is 19.3 Å². The van der Waals surface area contributed by atoms with Crippen molar-refractivity contribution in [2.45, 2.75) is 29.1 Å². The molecule has 2 aromatic rings. The number of aromatic nitrogens is 4. The van der Waals surface area contributed by atoms with Crippen molar-refractivity contribution in [3.05, 3.63) is 18.2 Å². The van der Waals surface area contributed by atoms with Crippen LogP contribution in [-0.2, 0) is 0 Å². The van der Waals surface area contributed by atoms with Gasteiger partial charge in [0.2, 0.25) is 0 Å². The van der Waals surface area contributed by atoms with E-state index in [1.165, 1.54) is 29.6 Å². The molecule has 0 atom stereocenters. The third kappa shape index (κ3) is 3.11. The maximum absolute atomic E-state index is 5.39. The van der Waals surface area contributed by atoms with Crippen molar-refractivity contribution in [1.82, 2.24) is 19.3 Å². The summed E-state index contributed by atoms with van der Waals surface area (Å²) in [5, 5.41) is 0.813. The number of hydrogen-bond donors (Lipinski definition) is 2. The molecule has 17 heavy (non-hydrogen) atoms. The molecule has 0 amide bonds. The second-order valence-corrected chi connectivity index (χ2v) is 5.61. The van der Waals surface area contributed by atoms with Gasteiger partial charge in [0, 0.05) is 12.0 Å². The summed E-state index contributed by atoms with van der Waals surface area (Å²) >= 11 is 2.79. The average Bonchev–Trinajstić information content (AvgIpc) is 2.81. The van der Waals surface area contributed by atoms with E-state index < -0.39 is 0 Å². The molecule has 0 saturated heterocycles. The SMILES string of the molecule is CC(C)c1nc(NN)cc(Sc2ncns2)n1. The molecular formula is C9H12N6S2. The molecule has 3 N–H and O–H groups in total. The Hall–Kier alpha value is -1.25. The van der Waals surface area contributed by atoms with Crippen LogP contribution in [0.4, 0.5) is 5.82 Å². The minimum absolute atomic E-state index is 0.247. The van der Waals surface area contributed by atoms with Crippen LogP contribution in [0.5, 0.6) is 0 Å². The molecule has 2 aromatic heterocycles. The molecule has 6 nitrogen and oxygen atoms in total. The van der Waals surface area contributed by atoms with Crippen molar-refractivity contribution in [2.24, 2.45) is 5.84 Å². The quantitative estimate of drug-likeness (QED) is 0.497. The van der Waals surface area contributed by atoms with Crippen molar-refractivity contribution >= 4 is 29.1 Å². The molecule has 8 heteroatoms. The lowest BCUT2D eigenvalue weighted by atomic mass is 10.2. The van der Waals surface area contributed by atoms with E-state index in [0.717, 1.165) is 15.2 Å². The Morgan fingerprint density at radius 1 is 1.41 bits per heavy atom. The summed E-state index contributed by atoms with van der Waals surface area (Å²) in [5.74, 6) is 7.00. The summed E-state index contributed by atoms with van der Waals surface area (Å²) in [4.78, 5) is 12.8. The monoisotopic (exact) mass is 268 g/mol. The van der Waals surface area contributed by atoms with Gasteiger partial charge in [0.05, 0.1) is 0 Å². The predicted octanol–water partition coefficient (Wildman–Crippen LogP) is 1.89. The lowest BCUT2D eigenvalue weighted by molar-refractivity contribution is 0.754. The van der Waals surface area contributed by atoms with Gasteiger partial charge in [-0.2, -0.15) is 4.37 Å². The molecule has 90 valence electrons. The first-order valence-corrected chi connectivity index (χ1v) is 6.58. The van der Waals surface area contributed by atoms with E-state index in [2.05, 4.69) is 24.8 Å². The Morgan fingerprint density at radius 2 is 2.24 bits per heavy atom. The molecule has 0 saturated carbocycles. The molecule has 0 bridgehead atoms. The average molecular weight is 268 g/mol. The molecule has 0 fully saturated rings. The van der Waals surface area contributed by atoms with Gasteiger partial charge in [-0.05, 0) is 23.3 Å². The van der Waals surface area contributed by atoms with Gasteiger partial charge >= 0.3 is 0 Å². The highest BCUT2D eigenvalue weighted by Crippen LogP contribution is 2.28. The maximum atomic E-state index is 5.39. The van der Waals surface area contributed by atoms with Crippen molar-refractivity contribution in [3.63, 3.8) is 0 Å². The van der Waals surface area contributed by atoms with Gasteiger partial charge in [0.15, 0.2) is 4.34 Å². The summed E-state index contributed by atoms with van der Waals surface area (Å²) in [7, 11) is 0. The molecule has 0 aromatic carbocycles. The Labute approximate surface area is 107 Å². The second kappa shape index (κ2) is 5.39. The van der Waals surface area contributed by atoms with E-state index in [1.54, 1.807) is 6.07 Å². The lowest BCUT2D eigenvalue weighted by Gasteiger charge is -2.08. The third-order valence-corrected chi connectivity index (χ3v) is 3.55. The number of hydrogen-bond acceptors (Lipinski definition) is 8. The fourth-order valence-electron chi connectivity index (χ4n) is 1.12. The number of nitrogen functional groups attached to an aromatic ring is 1. The van der Waals surface area contributed by atoms with Crippen molar-refractivity contribution in [1.29, 1.82) is 0 Å². The first-order valence-electron chi connectivity index (χ1n) is 4.99. The topological polar surface area (TPSA) is 89.6 Å². The summed E-state index contributed by atoms with van der Waals surface area (Å²) in [6, 6.07) is 1.79. The number of nitrogens with one attached hydrogen (secondary N) is 1. The molecule has 2 rings (SSSR count). The highest BCUT2D eigenvalue weighted by molar-refractivity contribution is 8.00. The van der Waals surface area contributed by atoms with Crippen LogP contribution in [0.2, 0.25) is 0 Å². The van der Waals surface area contributed by atoms with Crippen LogP contribution in [0, 0.1) is 0 Å². The molecule has 0 spiro atoms. The van der Waals surface area contributed by atoms with Gasteiger partial charge in [-0.15, -0.1) is 0 Å². The fourth-order valence-corrected chi connectivity index (χ4v) is 2.53. The number of nitrogens with zero attached hydrogens (tertiary/aromatic N) is 4. The Balaban J connectivity index is 2.29. The molecule has 2 heterocycles. The number of anilines is 1. The van der Waals surface area contributed by atoms with Crippen molar-refractivity contribution < 1.29 is 0 Å². The number of hydrazine groups is 1. The van der Waals surface area contributed by atoms with E-state index in [-0.39, 0.29) is 5.92 Å². The first kappa shape index (κ1) is 12.2. The first-order chi connectivity index (χ1) is 8.19. The Bertz CT molecular complexity index is 484. The lowest BCUT2D eigenvalue weighted by Crippen LogP contribution is -2.11. The van der Waals surface area contributed by atoms with Gasteiger partial charge in [0.25, 0.3) is 0 Å². The van der Waals surface area contributed by atoms with E-state index in [4.69, 9.17) is 5.84 Å². The fraction of sp³-hybridized carbons (Fsp3) is 0.333. The molecule has 0 radical (unpaired) electrons. The number of nitrogens with two attached hydrogens (primary N) is 1. The highest BCUT2D eigenvalue weighted by Gasteiger charge is 2.09. The molecule has 0 aliphatic heterocycles. The van der Waals surface area contributed by atoms with E-state index >= 15 is 0 Å². The summed E-state index contributed by atoms with van der Waals surface area (Å²) in [6.07, 6.45) is 1.53. The van der Waals surface area contributed by atoms with Gasteiger partial charge < -0.3 is 5.43 Å². The van der Waals surface area contributed by atoms with Crippen LogP contribution in [0.15, 0.2) is 21.8 Å². The molecule has 0 aliphatic rings. The zero-order valence-corrected chi connectivity index (χ0v) is 11.0. The Morgan fingerprint density at radius 3 is 2.82 bits per heavy atom. The van der Waals surface area contributed by atoms with Gasteiger partial charge in [-0.25, -0.2) is 20.8 Å². The van der Waals surface area contributed by atoms with Gasteiger partial charge in [-0.3, -0.25) is 0 Å². The van der Waals surface area contributed by atoms with Crippen LogP contribution >= 0.6 is 23.3 Å². The smallest absolute Gasteiger partial charge is 0.175 e. The standard InChI is InChI=1S/C9H12N6S2/c1-5(2)8-13-6(15-10)3-7(14-8)16-9-11-4-12-17-9/h3-5H,10H2,1-2H3,(H,13,14,15). The normalized spacial score (nSPS) is 10.8. The summed E-state index contributed by atoms with van der Waals surface area (Å²) in [6.45, 7) is 4.07. The van der Waals surface area contributed by atoms with E-state index in [0.29, 0.717) is 5.82 Å². The molecule has 0 aliphatic carbocycles. The minimum atomic E-state index is 0.247. The van der Waals surface area contributed by atoms with E-state index in [1.807, 2.05) is 13.8 Å². The van der Waals surface area contributed by atoms with Gasteiger partial charge in [0.1, 0.15) is 23.0 Å². The zero-order chi connectivity index (χ0) is 12.3. The van der Waals surface area contributed by atoms with Gasteiger partial charge in [-0.1, -0.05) is 13.8 Å². The van der Waals surface area contributed by atoms with Crippen LogP contribution < -0.4 is 11.3 Å². The van der Waals surface area contributed by atoms with Crippen molar-refractivity contribution in [3.8, 4) is 0 Å². The molecule has 0 unspecified atom stereocenters. The van der Waals surface area contributed by atoms with Crippen LogP contribution in [0.1, 0.15) is 25.6 Å². The second-order valence-electron chi connectivity index (χ2n) is 3.56. The minimum Gasteiger partial charge on any atom is -0.308 e. The predicted molar refractivity (Wildman–Crippen MR) is 68.0 cm³/mol. The van der Waals surface area contributed by atoms with Crippen molar-refractivity contribution in [2.75, 3.05) is 5.43 Å². The Kier molecular flexibility index (Phi) is 3.87. The van der Waals surface area contributed by atoms with Crippen LogP contribution in [0.25, 0.3) is 0 Å². The largest absolute Gasteiger partial charge is 0.308 e. The number of rotatable bonds is 4. The third-order valence-electron chi connectivity index (χ3n) is 1.92. The summed E-state index contributed by atoms with van der Waals surface area (Å²) in [5.41, 5.74) is 2.55. The van der Waals surface area contributed by atoms with Crippen LogP contribution in [0.3, 0.4) is 0 Å². The zero-order valence-electron chi connectivity index (χ0n) is 9.41. The maximum Gasteiger partial charge on any atom is 0.175 e. The summed E-state index contributed by atoms with van der Waals surface area (Å²) < 4.78 is 4.79.